The van der Waals surface area contributed by atoms with Crippen molar-refractivity contribution in [2.24, 2.45) is 0 Å². The molecule has 1 heterocycles. The predicted octanol–water partition coefficient (Wildman–Crippen LogP) is 2.28. The molecule has 3 aromatic rings. The fourth-order valence-electron chi connectivity index (χ4n) is 2.58. The van der Waals surface area contributed by atoms with Gasteiger partial charge in [-0.3, -0.25) is 9.59 Å². The third kappa shape index (κ3) is 5.65. The zero-order valence-electron chi connectivity index (χ0n) is 16.3. The number of hydrogen-bond acceptors (Lipinski definition) is 6. The molecule has 29 heavy (non-hydrogen) atoms. The highest BCUT2D eigenvalue weighted by atomic mass is 16.5. The molecule has 3 rings (SSSR count). The van der Waals surface area contributed by atoms with Gasteiger partial charge in [-0.05, 0) is 31.5 Å². The van der Waals surface area contributed by atoms with Gasteiger partial charge in [0.15, 0.2) is 6.61 Å². The van der Waals surface area contributed by atoms with Crippen LogP contribution in [0.3, 0.4) is 0 Å². The monoisotopic (exact) mass is 394 g/mol. The van der Waals surface area contributed by atoms with Gasteiger partial charge in [-0.15, -0.1) is 0 Å². The molecule has 0 bridgehead atoms. The smallest absolute Gasteiger partial charge is 0.316 e. The van der Waals surface area contributed by atoms with Crippen molar-refractivity contribution < 1.29 is 18.8 Å². The number of rotatable bonds is 8. The number of aryl methyl sites for hydroxylation is 2. The lowest BCUT2D eigenvalue weighted by atomic mass is 10.1. The average molecular weight is 394 g/mol. The van der Waals surface area contributed by atoms with E-state index in [1.54, 1.807) is 6.07 Å². The summed E-state index contributed by atoms with van der Waals surface area (Å²) in [5.74, 6) is 0.108. The third-order valence-electron chi connectivity index (χ3n) is 4.08. The molecule has 2 N–H and O–H groups in total. The Balaban J connectivity index is 1.40. The summed E-state index contributed by atoms with van der Waals surface area (Å²) in [4.78, 5) is 28.1. The average Bonchev–Trinajstić information content (AvgIpc) is 3.21. The van der Waals surface area contributed by atoms with E-state index in [4.69, 9.17) is 9.26 Å². The second-order valence-corrected chi connectivity index (χ2v) is 6.45. The molecule has 0 saturated heterocycles. The first-order valence-electron chi connectivity index (χ1n) is 9.17. The van der Waals surface area contributed by atoms with Gasteiger partial charge in [0.05, 0.1) is 0 Å². The van der Waals surface area contributed by atoms with Gasteiger partial charge in [0.25, 0.3) is 5.91 Å². The number of amides is 2. The summed E-state index contributed by atoms with van der Waals surface area (Å²) in [7, 11) is 0. The summed E-state index contributed by atoms with van der Waals surface area (Å²) in [6, 6.07) is 15.0. The highest BCUT2D eigenvalue weighted by Crippen LogP contribution is 2.17. The van der Waals surface area contributed by atoms with Crippen LogP contribution in [-0.4, -0.2) is 41.7 Å². The van der Waals surface area contributed by atoms with Crippen molar-refractivity contribution in [2.45, 2.75) is 13.8 Å². The molecule has 0 atom stereocenters. The van der Waals surface area contributed by atoms with Crippen molar-refractivity contribution in [3.05, 3.63) is 65.5 Å². The van der Waals surface area contributed by atoms with Gasteiger partial charge in [0.2, 0.25) is 5.82 Å². The van der Waals surface area contributed by atoms with E-state index in [0.717, 1.165) is 16.7 Å². The molecule has 8 nitrogen and oxygen atoms in total. The number of carbonyl (C=O) groups is 2. The van der Waals surface area contributed by atoms with E-state index in [0.29, 0.717) is 11.6 Å². The number of benzene rings is 2. The Morgan fingerprint density at radius 3 is 2.62 bits per heavy atom. The standard InChI is InChI=1S/C21H22N4O4/c1-14-6-5-8-16(12-14)19-24-21(29-25-19)20(27)23-11-10-22-18(26)13-28-17-9-4-3-7-15(17)2/h3-9,12H,10-11,13H2,1-2H3,(H,22,26)(H,23,27). The van der Waals surface area contributed by atoms with E-state index in [1.165, 1.54) is 0 Å². The van der Waals surface area contributed by atoms with Gasteiger partial charge in [-0.2, -0.15) is 4.98 Å². The van der Waals surface area contributed by atoms with E-state index in [1.807, 2.05) is 56.3 Å². The molecule has 0 aliphatic carbocycles. The van der Waals surface area contributed by atoms with E-state index in [-0.39, 0.29) is 31.5 Å². The van der Waals surface area contributed by atoms with Crippen LogP contribution in [0.1, 0.15) is 21.8 Å². The SMILES string of the molecule is Cc1cccc(-c2noc(C(=O)NCCNC(=O)COc3ccccc3C)n2)c1. The Hall–Kier alpha value is -3.68. The van der Waals surface area contributed by atoms with Crippen molar-refractivity contribution in [3.8, 4) is 17.1 Å². The van der Waals surface area contributed by atoms with E-state index >= 15 is 0 Å². The van der Waals surface area contributed by atoms with Gasteiger partial charge in [-0.25, -0.2) is 0 Å². The van der Waals surface area contributed by atoms with Crippen LogP contribution in [0, 0.1) is 13.8 Å². The summed E-state index contributed by atoms with van der Waals surface area (Å²) < 4.78 is 10.5. The normalized spacial score (nSPS) is 10.4. The second kappa shape index (κ2) is 9.50. The predicted molar refractivity (Wildman–Crippen MR) is 106 cm³/mol. The van der Waals surface area contributed by atoms with Crippen molar-refractivity contribution in [3.63, 3.8) is 0 Å². The first-order valence-corrected chi connectivity index (χ1v) is 9.17. The number of ether oxygens (including phenoxy) is 1. The minimum atomic E-state index is -0.498. The summed E-state index contributed by atoms with van der Waals surface area (Å²) in [5, 5.41) is 9.13. The summed E-state index contributed by atoms with van der Waals surface area (Å²) >= 11 is 0. The Bertz CT molecular complexity index is 1000. The largest absolute Gasteiger partial charge is 0.484 e. The highest BCUT2D eigenvalue weighted by molar-refractivity contribution is 5.89. The van der Waals surface area contributed by atoms with Crippen molar-refractivity contribution >= 4 is 11.8 Å². The van der Waals surface area contributed by atoms with Crippen molar-refractivity contribution in [2.75, 3.05) is 19.7 Å². The lowest BCUT2D eigenvalue weighted by molar-refractivity contribution is -0.123. The molecule has 0 aliphatic heterocycles. The minimum absolute atomic E-state index is 0.0949. The maximum Gasteiger partial charge on any atom is 0.316 e. The number of nitrogens with one attached hydrogen (secondary N) is 2. The molecule has 150 valence electrons. The van der Waals surface area contributed by atoms with Crippen LogP contribution in [0.15, 0.2) is 53.1 Å². The number of para-hydroxylation sites is 1. The molecular weight excluding hydrogens is 372 g/mol. The topological polar surface area (TPSA) is 106 Å². The van der Waals surface area contributed by atoms with E-state index < -0.39 is 5.91 Å². The third-order valence-corrected chi connectivity index (χ3v) is 4.08. The van der Waals surface area contributed by atoms with Crippen molar-refractivity contribution in [1.82, 2.24) is 20.8 Å². The Kier molecular flexibility index (Phi) is 6.57. The Labute approximate surface area is 168 Å². The molecule has 0 saturated carbocycles. The molecule has 1 aromatic heterocycles. The molecule has 8 heteroatoms. The summed E-state index contributed by atoms with van der Waals surface area (Å²) in [6.07, 6.45) is 0. The molecular formula is C21H22N4O4. The van der Waals surface area contributed by atoms with Crippen LogP contribution in [0.2, 0.25) is 0 Å². The van der Waals surface area contributed by atoms with Crippen LogP contribution in [0.5, 0.6) is 5.75 Å². The van der Waals surface area contributed by atoms with Crippen LogP contribution in [-0.2, 0) is 4.79 Å². The summed E-state index contributed by atoms with van der Waals surface area (Å²) in [6.45, 7) is 4.24. The zero-order valence-corrected chi connectivity index (χ0v) is 16.3. The molecule has 0 fully saturated rings. The number of hydrogen-bond donors (Lipinski definition) is 2. The van der Waals surface area contributed by atoms with Crippen LogP contribution < -0.4 is 15.4 Å². The molecule has 0 spiro atoms. The maximum atomic E-state index is 12.1. The van der Waals surface area contributed by atoms with Crippen LogP contribution in [0.4, 0.5) is 0 Å². The van der Waals surface area contributed by atoms with Crippen LogP contribution in [0.25, 0.3) is 11.4 Å². The quantitative estimate of drug-likeness (QED) is 0.568. The lowest BCUT2D eigenvalue weighted by Gasteiger charge is -2.09. The summed E-state index contributed by atoms with van der Waals surface area (Å²) in [5.41, 5.74) is 2.78. The first-order chi connectivity index (χ1) is 14.0. The number of aromatic nitrogens is 2. The molecule has 0 aliphatic rings. The van der Waals surface area contributed by atoms with Gasteiger partial charge >= 0.3 is 11.8 Å². The molecule has 0 radical (unpaired) electrons. The molecule has 2 amide bonds. The molecule has 0 unspecified atom stereocenters. The molecule has 2 aromatic carbocycles. The van der Waals surface area contributed by atoms with Crippen LogP contribution >= 0.6 is 0 Å². The first kappa shape index (κ1) is 20.1. The van der Waals surface area contributed by atoms with Crippen molar-refractivity contribution in [1.29, 1.82) is 0 Å². The minimum Gasteiger partial charge on any atom is -0.484 e. The van der Waals surface area contributed by atoms with Gasteiger partial charge in [0, 0.05) is 18.7 Å². The van der Waals surface area contributed by atoms with Gasteiger partial charge in [-0.1, -0.05) is 47.1 Å². The number of carbonyl (C=O) groups excluding carboxylic acids is 2. The van der Waals surface area contributed by atoms with E-state index in [9.17, 15) is 9.59 Å². The van der Waals surface area contributed by atoms with E-state index in [2.05, 4.69) is 20.8 Å². The maximum absolute atomic E-state index is 12.1. The zero-order chi connectivity index (χ0) is 20.6. The Morgan fingerprint density at radius 1 is 1.03 bits per heavy atom. The fraction of sp³-hybridized carbons (Fsp3) is 0.238. The lowest BCUT2D eigenvalue weighted by Crippen LogP contribution is -2.36. The fourth-order valence-corrected chi connectivity index (χ4v) is 2.58. The van der Waals surface area contributed by atoms with Gasteiger partial charge < -0.3 is 19.9 Å². The second-order valence-electron chi connectivity index (χ2n) is 6.45. The highest BCUT2D eigenvalue weighted by Gasteiger charge is 2.15. The number of nitrogens with zero attached hydrogens (tertiary/aromatic N) is 2. The van der Waals surface area contributed by atoms with Gasteiger partial charge in [0.1, 0.15) is 5.75 Å². The Morgan fingerprint density at radius 2 is 1.83 bits per heavy atom.